The topological polar surface area (TPSA) is 8.17 Å². The minimum absolute atomic E-state index is 0.271. The molecule has 1 aromatic heterocycles. The van der Waals surface area contributed by atoms with Crippen LogP contribution >= 0.6 is 0 Å². The first kappa shape index (κ1) is 33.8. The van der Waals surface area contributed by atoms with E-state index in [0.717, 1.165) is 24.2 Å². The Labute approximate surface area is 347 Å². The number of nitrogens with zero attached hydrogens (tertiary/aromatic N) is 2. The summed E-state index contributed by atoms with van der Waals surface area (Å²) >= 11 is 0. The molecule has 0 radical (unpaired) electrons. The molecule has 1 heterocycles. The number of allylic oxidation sites excluding steroid dienone is 5. The molecule has 0 N–H and O–H groups in total. The lowest BCUT2D eigenvalue weighted by Crippen LogP contribution is -2.42. The Hall–Kier alpha value is -6.12. The highest BCUT2D eigenvalue weighted by Crippen LogP contribution is 2.79. The van der Waals surface area contributed by atoms with E-state index in [2.05, 4.69) is 192 Å². The normalized spacial score (nSPS) is 26.6. The van der Waals surface area contributed by atoms with Crippen molar-refractivity contribution < 1.29 is 0 Å². The molecule has 1 spiro atoms. The van der Waals surface area contributed by atoms with E-state index in [1.165, 1.54) is 111 Å². The van der Waals surface area contributed by atoms with Crippen LogP contribution in [0, 0.1) is 29.1 Å². The van der Waals surface area contributed by atoms with Gasteiger partial charge in [0.25, 0.3) is 0 Å². The van der Waals surface area contributed by atoms with E-state index >= 15 is 0 Å². The second-order valence-corrected chi connectivity index (χ2v) is 18.7. The highest BCUT2D eigenvalue weighted by molar-refractivity contribution is 6.00. The van der Waals surface area contributed by atoms with Gasteiger partial charge in [0.15, 0.2) is 0 Å². The number of para-hydroxylation sites is 3. The van der Waals surface area contributed by atoms with Gasteiger partial charge >= 0.3 is 0 Å². The van der Waals surface area contributed by atoms with E-state index < -0.39 is 0 Å². The smallest absolute Gasteiger partial charge is 0.0579 e. The fourth-order valence-electron chi connectivity index (χ4n) is 13.6. The van der Waals surface area contributed by atoms with Crippen LogP contribution in [0.1, 0.15) is 61.8 Å². The van der Waals surface area contributed by atoms with Gasteiger partial charge in [-0.05, 0) is 144 Å². The highest BCUT2D eigenvalue weighted by atomic mass is 15.1. The molecule has 4 saturated carbocycles. The summed E-state index contributed by atoms with van der Waals surface area (Å²) in [7, 11) is 0. The molecule has 7 aromatic rings. The van der Waals surface area contributed by atoms with Crippen LogP contribution in [-0.4, -0.2) is 4.57 Å². The summed E-state index contributed by atoms with van der Waals surface area (Å²) in [5.74, 6) is 3.20. The van der Waals surface area contributed by atoms with Crippen molar-refractivity contribution in [2.45, 2.75) is 50.4 Å². The summed E-state index contributed by atoms with van der Waals surface area (Å²) < 4.78 is 2.54. The van der Waals surface area contributed by atoms with E-state index in [9.17, 15) is 0 Å². The van der Waals surface area contributed by atoms with Gasteiger partial charge in [0.2, 0.25) is 0 Å². The summed E-state index contributed by atoms with van der Waals surface area (Å²) in [6, 6.07) is 57.0. The van der Waals surface area contributed by atoms with Crippen molar-refractivity contribution in [2.24, 2.45) is 29.1 Å². The molecule has 0 aliphatic heterocycles. The van der Waals surface area contributed by atoms with Crippen LogP contribution < -0.4 is 4.90 Å². The molecule has 6 aromatic carbocycles. The first-order valence-corrected chi connectivity index (χ1v) is 22.1. The lowest BCUT2D eigenvalue weighted by atomic mass is 9.55. The zero-order chi connectivity index (χ0) is 38.7. The molecule has 286 valence electrons. The third kappa shape index (κ3) is 4.93. The predicted octanol–water partition coefficient (Wildman–Crippen LogP) is 14.9. The van der Waals surface area contributed by atoms with Gasteiger partial charge in [-0.2, -0.15) is 0 Å². The Bertz CT molecular complexity index is 2890. The molecule has 13 rings (SSSR count). The van der Waals surface area contributed by atoms with Gasteiger partial charge in [-0.25, -0.2) is 0 Å². The average molecular weight is 761 g/mol. The Morgan fingerprint density at radius 1 is 0.610 bits per heavy atom. The molecule has 2 heteroatoms. The molecular formula is C57H48N2. The van der Waals surface area contributed by atoms with Crippen LogP contribution in [0.4, 0.5) is 17.1 Å². The number of benzene rings is 6. The number of hydrogen-bond acceptors (Lipinski definition) is 1. The van der Waals surface area contributed by atoms with Crippen LogP contribution in [-0.2, 0) is 5.41 Å². The first-order valence-electron chi connectivity index (χ1n) is 22.1. The zero-order valence-electron chi connectivity index (χ0n) is 33.5. The summed E-state index contributed by atoms with van der Waals surface area (Å²) in [6.45, 7) is 0. The maximum absolute atomic E-state index is 2.58. The SMILES string of the molecule is C1=CCC2C=Cc3c(n(-c4ccccc4-c4ccc(N(c5ccc(-c6ccccc6)cc5)c5ccccc5C56CC7C[C@H]8C[C@H](C5)C[C@@]78C6)cc4)c4ccccc34)C2=C1. The average Bonchev–Trinajstić information content (AvgIpc) is 3.81. The van der Waals surface area contributed by atoms with Crippen molar-refractivity contribution in [2.75, 3.05) is 4.90 Å². The van der Waals surface area contributed by atoms with E-state index in [0.29, 0.717) is 11.3 Å². The molecule has 6 aliphatic carbocycles. The Morgan fingerprint density at radius 3 is 2.20 bits per heavy atom. The van der Waals surface area contributed by atoms with Crippen LogP contribution in [0.2, 0.25) is 0 Å². The molecule has 0 saturated heterocycles. The zero-order valence-corrected chi connectivity index (χ0v) is 33.5. The molecule has 59 heavy (non-hydrogen) atoms. The first-order chi connectivity index (χ1) is 29.2. The summed E-state index contributed by atoms with van der Waals surface area (Å²) in [5, 5.41) is 1.31. The van der Waals surface area contributed by atoms with Gasteiger partial charge in [0.05, 0.1) is 16.9 Å². The van der Waals surface area contributed by atoms with Gasteiger partial charge in [-0.3, -0.25) is 0 Å². The van der Waals surface area contributed by atoms with Gasteiger partial charge in [-0.15, -0.1) is 0 Å². The second kappa shape index (κ2) is 12.7. The highest BCUT2D eigenvalue weighted by Gasteiger charge is 2.71. The molecule has 4 fully saturated rings. The quantitative estimate of drug-likeness (QED) is 0.157. The minimum atomic E-state index is 0.271. The molecule has 3 bridgehead atoms. The Morgan fingerprint density at radius 2 is 1.34 bits per heavy atom. The van der Waals surface area contributed by atoms with Gasteiger partial charge in [0.1, 0.15) is 0 Å². The van der Waals surface area contributed by atoms with Crippen molar-refractivity contribution >= 4 is 39.6 Å². The number of aromatic nitrogens is 1. The number of anilines is 3. The lowest BCUT2D eigenvalue weighted by molar-refractivity contribution is -0.000150. The summed E-state index contributed by atoms with van der Waals surface area (Å²) in [4.78, 5) is 2.58. The van der Waals surface area contributed by atoms with E-state index in [1.54, 1.807) is 5.56 Å². The largest absolute Gasteiger partial charge is 0.310 e. The van der Waals surface area contributed by atoms with Crippen LogP contribution in [0.3, 0.4) is 0 Å². The van der Waals surface area contributed by atoms with Gasteiger partial charge in [-0.1, -0.05) is 140 Å². The fraction of sp³-hybridized carbons (Fsp3) is 0.228. The third-order valence-electron chi connectivity index (χ3n) is 15.9. The summed E-state index contributed by atoms with van der Waals surface area (Å²) in [5.41, 5.74) is 17.7. The van der Waals surface area contributed by atoms with Crippen molar-refractivity contribution in [3.05, 3.63) is 193 Å². The van der Waals surface area contributed by atoms with Crippen molar-refractivity contribution in [3.8, 4) is 27.9 Å². The third-order valence-corrected chi connectivity index (χ3v) is 15.9. The summed E-state index contributed by atoms with van der Waals surface area (Å²) in [6.07, 6.45) is 21.3. The van der Waals surface area contributed by atoms with Crippen LogP contribution in [0.5, 0.6) is 0 Å². The number of fused-ring (bicyclic) bond motifs is 7. The lowest BCUT2D eigenvalue weighted by Gasteiger charge is -2.49. The minimum Gasteiger partial charge on any atom is -0.310 e. The second-order valence-electron chi connectivity index (χ2n) is 18.7. The molecule has 6 aliphatic rings. The maximum atomic E-state index is 2.58. The molecule has 2 nitrogen and oxygen atoms in total. The Balaban J connectivity index is 0.943. The monoisotopic (exact) mass is 760 g/mol. The maximum Gasteiger partial charge on any atom is 0.0579 e. The van der Waals surface area contributed by atoms with Crippen LogP contribution in [0.15, 0.2) is 176 Å². The molecular weight excluding hydrogens is 713 g/mol. The molecule has 0 amide bonds. The Kier molecular flexibility index (Phi) is 7.27. The van der Waals surface area contributed by atoms with Crippen LogP contribution in [0.25, 0.3) is 50.5 Å². The van der Waals surface area contributed by atoms with Crippen molar-refractivity contribution in [3.63, 3.8) is 0 Å². The molecule has 6 atom stereocenters. The van der Waals surface area contributed by atoms with Crippen molar-refractivity contribution in [1.29, 1.82) is 0 Å². The van der Waals surface area contributed by atoms with E-state index in [1.807, 2.05) is 0 Å². The predicted molar refractivity (Wildman–Crippen MR) is 245 cm³/mol. The standard InChI is InChI=1S/C57H48N2/c1-2-12-39(13-3-1)40-22-27-45(28-23-40)58(54-21-11-8-18-51(54)56-34-38-32-43-33-44(36-56)57(43,35-38)37-56)46-29-24-42(25-30-46)47-15-6-9-19-52(47)59-53-20-10-7-17-49(53)50-31-26-41-14-4-5-16-48(41)55(50)59/h1-13,15-31,38,41,43-44H,14,32-37H2/t38-,41?,43-,44?,56?,57+/m1/s1. The van der Waals surface area contributed by atoms with Crippen molar-refractivity contribution in [1.82, 2.24) is 4.57 Å². The molecule has 3 unspecified atom stereocenters. The fourth-order valence-corrected chi connectivity index (χ4v) is 13.6. The van der Waals surface area contributed by atoms with Gasteiger partial charge < -0.3 is 9.47 Å². The number of rotatable bonds is 7. The van der Waals surface area contributed by atoms with Gasteiger partial charge in [0, 0.05) is 39.5 Å². The van der Waals surface area contributed by atoms with E-state index in [-0.39, 0.29) is 5.41 Å². The number of hydrogen-bond donors (Lipinski definition) is 0. The van der Waals surface area contributed by atoms with E-state index in [4.69, 9.17) is 0 Å².